The van der Waals surface area contributed by atoms with Gasteiger partial charge in [-0.25, -0.2) is 4.98 Å². The molecule has 2 heterocycles. The molecule has 0 fully saturated rings. The summed E-state index contributed by atoms with van der Waals surface area (Å²) >= 11 is 0. The summed E-state index contributed by atoms with van der Waals surface area (Å²) < 4.78 is 9.71. The molecule has 0 aliphatic carbocycles. The average Bonchev–Trinajstić information content (AvgIpc) is 2.75. The molecule has 2 aromatic rings. The van der Waals surface area contributed by atoms with Crippen LogP contribution in [0.15, 0.2) is 33.9 Å². The largest absolute Gasteiger partial charge is 0.447 e. The van der Waals surface area contributed by atoms with E-state index in [1.807, 2.05) is 6.07 Å². The second-order valence-corrected chi connectivity index (χ2v) is 2.56. The van der Waals surface area contributed by atoms with Gasteiger partial charge in [-0.2, -0.15) is 0 Å². The van der Waals surface area contributed by atoms with Gasteiger partial charge in [0.25, 0.3) is 0 Å². The van der Waals surface area contributed by atoms with Gasteiger partial charge in [0.1, 0.15) is 12.0 Å². The first-order chi connectivity index (χ1) is 6.45. The number of aromatic nitrogens is 2. The van der Waals surface area contributed by atoms with Gasteiger partial charge in [0.2, 0.25) is 0 Å². The third-order valence-corrected chi connectivity index (χ3v) is 1.58. The van der Waals surface area contributed by atoms with Crippen LogP contribution in [0, 0.1) is 0 Å². The Bertz CT molecular complexity index is 294. The number of nitrogens with zero attached hydrogens (tertiary/aromatic N) is 2. The molecule has 0 amide bonds. The van der Waals surface area contributed by atoms with Gasteiger partial charge >= 0.3 is 0 Å². The molecule has 0 aliphatic heterocycles. The lowest BCUT2D eigenvalue weighted by atomic mass is 10.4. The van der Waals surface area contributed by atoms with E-state index in [1.165, 1.54) is 6.39 Å². The van der Waals surface area contributed by atoms with Crippen molar-refractivity contribution < 1.29 is 8.94 Å². The molecule has 68 valence electrons. The van der Waals surface area contributed by atoms with Gasteiger partial charge in [0, 0.05) is 12.6 Å². The predicted octanol–water partition coefficient (Wildman–Crippen LogP) is 0.952. The van der Waals surface area contributed by atoms with Gasteiger partial charge in [-0.15, -0.1) is 0 Å². The summed E-state index contributed by atoms with van der Waals surface area (Å²) in [7, 11) is 0. The van der Waals surface area contributed by atoms with E-state index >= 15 is 0 Å². The highest BCUT2D eigenvalue weighted by atomic mass is 16.5. The SMILES string of the molecule is c1cc(CNCc2cnco2)no1. The lowest BCUT2D eigenvalue weighted by Crippen LogP contribution is -2.12. The number of rotatable bonds is 4. The zero-order valence-corrected chi connectivity index (χ0v) is 6.93. The van der Waals surface area contributed by atoms with E-state index in [1.54, 1.807) is 12.5 Å². The third-order valence-electron chi connectivity index (χ3n) is 1.58. The van der Waals surface area contributed by atoms with Crippen molar-refractivity contribution in [1.29, 1.82) is 0 Å². The van der Waals surface area contributed by atoms with E-state index < -0.39 is 0 Å². The number of hydrogen-bond acceptors (Lipinski definition) is 5. The fraction of sp³-hybridized carbons (Fsp3) is 0.250. The molecular weight excluding hydrogens is 170 g/mol. The van der Waals surface area contributed by atoms with Gasteiger partial charge in [-0.1, -0.05) is 5.16 Å². The Labute approximate surface area is 74.7 Å². The Kier molecular flexibility index (Phi) is 2.38. The third kappa shape index (κ3) is 2.16. The summed E-state index contributed by atoms with van der Waals surface area (Å²) in [6.07, 6.45) is 4.63. The molecule has 5 heteroatoms. The lowest BCUT2D eigenvalue weighted by molar-refractivity contribution is 0.406. The molecule has 1 N–H and O–H groups in total. The van der Waals surface area contributed by atoms with Crippen molar-refractivity contribution >= 4 is 0 Å². The van der Waals surface area contributed by atoms with E-state index in [4.69, 9.17) is 4.42 Å². The molecule has 0 aromatic carbocycles. The van der Waals surface area contributed by atoms with Crippen molar-refractivity contribution in [1.82, 2.24) is 15.5 Å². The van der Waals surface area contributed by atoms with Crippen molar-refractivity contribution in [2.45, 2.75) is 13.1 Å². The van der Waals surface area contributed by atoms with Crippen molar-refractivity contribution in [3.63, 3.8) is 0 Å². The first kappa shape index (κ1) is 8.00. The highest BCUT2D eigenvalue weighted by Gasteiger charge is 1.97. The van der Waals surface area contributed by atoms with E-state index in [-0.39, 0.29) is 0 Å². The van der Waals surface area contributed by atoms with Crippen molar-refractivity contribution in [2.24, 2.45) is 0 Å². The minimum Gasteiger partial charge on any atom is -0.447 e. The normalized spacial score (nSPS) is 10.5. The molecule has 5 nitrogen and oxygen atoms in total. The molecule has 0 aliphatic rings. The Morgan fingerprint density at radius 1 is 1.38 bits per heavy atom. The van der Waals surface area contributed by atoms with Crippen LogP contribution in [0.5, 0.6) is 0 Å². The molecule has 0 spiro atoms. The summed E-state index contributed by atoms with van der Waals surface area (Å²) in [6.45, 7) is 1.31. The van der Waals surface area contributed by atoms with Crippen LogP contribution < -0.4 is 5.32 Å². The van der Waals surface area contributed by atoms with Crippen molar-refractivity contribution in [3.05, 3.63) is 36.4 Å². The second-order valence-electron chi connectivity index (χ2n) is 2.56. The van der Waals surface area contributed by atoms with Crippen LogP contribution in [0.3, 0.4) is 0 Å². The molecule has 0 bridgehead atoms. The molecule has 2 rings (SSSR count). The van der Waals surface area contributed by atoms with Crippen LogP contribution in [0.4, 0.5) is 0 Å². The predicted molar refractivity (Wildman–Crippen MR) is 43.5 cm³/mol. The topological polar surface area (TPSA) is 64.1 Å². The molecule has 0 saturated heterocycles. The van der Waals surface area contributed by atoms with Gasteiger partial charge < -0.3 is 14.3 Å². The van der Waals surface area contributed by atoms with Crippen LogP contribution >= 0.6 is 0 Å². The highest BCUT2D eigenvalue weighted by Crippen LogP contribution is 1.97. The van der Waals surface area contributed by atoms with Crippen LogP contribution in [-0.2, 0) is 13.1 Å². The fourth-order valence-corrected chi connectivity index (χ4v) is 0.972. The highest BCUT2D eigenvalue weighted by molar-refractivity contribution is 4.95. The van der Waals surface area contributed by atoms with Gasteiger partial charge in [-0.3, -0.25) is 0 Å². The molecule has 2 aromatic heterocycles. The first-order valence-corrected chi connectivity index (χ1v) is 3.92. The van der Waals surface area contributed by atoms with Crippen LogP contribution in [0.25, 0.3) is 0 Å². The first-order valence-electron chi connectivity index (χ1n) is 3.92. The summed E-state index contributed by atoms with van der Waals surface area (Å²) in [4.78, 5) is 3.80. The molecule has 0 unspecified atom stereocenters. The van der Waals surface area contributed by atoms with Crippen molar-refractivity contribution in [3.8, 4) is 0 Å². The van der Waals surface area contributed by atoms with E-state index in [0.717, 1.165) is 11.5 Å². The van der Waals surface area contributed by atoms with E-state index in [9.17, 15) is 0 Å². The Morgan fingerprint density at radius 2 is 2.38 bits per heavy atom. The number of nitrogens with one attached hydrogen (secondary N) is 1. The van der Waals surface area contributed by atoms with E-state index in [2.05, 4.69) is 20.0 Å². The Morgan fingerprint density at radius 3 is 3.08 bits per heavy atom. The summed E-state index contributed by atoms with van der Waals surface area (Å²) in [6, 6.07) is 1.81. The summed E-state index contributed by atoms with van der Waals surface area (Å²) in [5.41, 5.74) is 0.875. The zero-order valence-electron chi connectivity index (χ0n) is 6.93. The van der Waals surface area contributed by atoms with Gasteiger partial charge in [-0.05, 0) is 0 Å². The maximum atomic E-state index is 5.04. The number of oxazole rings is 1. The minimum atomic E-state index is 0.646. The molecule has 0 radical (unpaired) electrons. The second kappa shape index (κ2) is 3.86. The minimum absolute atomic E-state index is 0.646. The molecule has 0 saturated carbocycles. The standard InChI is InChI=1S/C8H9N3O2/c1-2-13-11-7(1)3-9-4-8-5-10-6-12-8/h1-2,5-6,9H,3-4H2. The maximum Gasteiger partial charge on any atom is 0.180 e. The maximum absolute atomic E-state index is 5.04. The van der Waals surface area contributed by atoms with Gasteiger partial charge in [0.15, 0.2) is 6.39 Å². The molecule has 13 heavy (non-hydrogen) atoms. The summed E-state index contributed by atoms with van der Waals surface area (Å²) in [5, 5.41) is 6.89. The van der Waals surface area contributed by atoms with Crippen LogP contribution in [0.1, 0.15) is 11.5 Å². The number of hydrogen-bond donors (Lipinski definition) is 1. The smallest absolute Gasteiger partial charge is 0.180 e. The zero-order chi connectivity index (χ0) is 8.93. The van der Waals surface area contributed by atoms with E-state index in [0.29, 0.717) is 13.1 Å². The monoisotopic (exact) mass is 179 g/mol. The lowest BCUT2D eigenvalue weighted by Gasteiger charge is -1.96. The Hall–Kier alpha value is -1.62. The molecule has 0 atom stereocenters. The molecular formula is C8H9N3O2. The van der Waals surface area contributed by atoms with Crippen LogP contribution in [0.2, 0.25) is 0 Å². The fourth-order valence-electron chi connectivity index (χ4n) is 0.972. The quantitative estimate of drug-likeness (QED) is 0.757. The van der Waals surface area contributed by atoms with Crippen molar-refractivity contribution in [2.75, 3.05) is 0 Å². The van der Waals surface area contributed by atoms with Crippen LogP contribution in [-0.4, -0.2) is 10.1 Å². The summed E-state index contributed by atoms with van der Waals surface area (Å²) in [5.74, 6) is 0.809. The Balaban J connectivity index is 1.76. The van der Waals surface area contributed by atoms with Gasteiger partial charge in [0.05, 0.1) is 18.4 Å². The average molecular weight is 179 g/mol.